The van der Waals surface area contributed by atoms with Gasteiger partial charge in [0.05, 0.1) is 5.75 Å². The Bertz CT molecular complexity index is 597. The van der Waals surface area contributed by atoms with Crippen LogP contribution in [-0.4, -0.2) is 26.6 Å². The van der Waals surface area contributed by atoms with Crippen molar-refractivity contribution in [1.82, 2.24) is 0 Å². The van der Waals surface area contributed by atoms with E-state index in [0.29, 0.717) is 5.69 Å². The molecule has 0 N–H and O–H groups in total. The van der Waals surface area contributed by atoms with E-state index in [0.717, 1.165) is 10.0 Å². The fraction of sp³-hybridized carbons (Fsp3) is 0.417. The van der Waals surface area contributed by atoms with Crippen LogP contribution < -0.4 is 4.90 Å². The van der Waals surface area contributed by atoms with Gasteiger partial charge < -0.3 is 4.90 Å². The minimum Gasteiger partial charge on any atom is -0.312 e. The minimum atomic E-state index is -4.54. The smallest absolute Gasteiger partial charge is 0.302 e. The molecule has 104 valence electrons. The lowest BCUT2D eigenvalue weighted by atomic mass is 10.1. The van der Waals surface area contributed by atoms with E-state index >= 15 is 0 Å². The molecule has 7 heteroatoms. The van der Waals surface area contributed by atoms with Gasteiger partial charge >= 0.3 is 10.2 Å². The number of halogens is 2. The summed E-state index contributed by atoms with van der Waals surface area (Å²) in [5.74, 6) is -1.25. The van der Waals surface area contributed by atoms with Crippen molar-refractivity contribution in [2.75, 3.05) is 17.2 Å². The maximum Gasteiger partial charge on any atom is 0.302 e. The molecule has 1 aromatic carbocycles. The Labute approximate surface area is 119 Å². The second-order valence-electron chi connectivity index (χ2n) is 4.77. The van der Waals surface area contributed by atoms with Crippen LogP contribution in [0.15, 0.2) is 22.7 Å². The van der Waals surface area contributed by atoms with Gasteiger partial charge in [-0.25, -0.2) is 0 Å². The summed E-state index contributed by atoms with van der Waals surface area (Å²) >= 11 is 3.35. The number of nitrogens with zero attached hydrogens (tertiary/aromatic N) is 1. The third kappa shape index (κ3) is 3.76. The van der Waals surface area contributed by atoms with Gasteiger partial charge in [0.15, 0.2) is 0 Å². The lowest BCUT2D eigenvalue weighted by Crippen LogP contribution is -2.25. The maximum atomic E-state index is 12.7. The van der Waals surface area contributed by atoms with Crippen LogP contribution in [0, 0.1) is 12.8 Å². The van der Waals surface area contributed by atoms with Crippen molar-refractivity contribution < 1.29 is 17.1 Å². The fourth-order valence-electron chi connectivity index (χ4n) is 2.30. The normalized spacial score (nSPS) is 20.1. The van der Waals surface area contributed by atoms with E-state index in [1.54, 1.807) is 6.07 Å². The molecule has 1 aliphatic heterocycles. The molecule has 1 aromatic rings. The molecule has 1 atom stereocenters. The molecule has 1 saturated heterocycles. The first kappa shape index (κ1) is 14.5. The predicted molar refractivity (Wildman–Crippen MR) is 74.2 cm³/mol. The van der Waals surface area contributed by atoms with E-state index in [4.69, 9.17) is 0 Å². The molecule has 1 fully saturated rings. The molecule has 0 spiro atoms. The van der Waals surface area contributed by atoms with E-state index in [1.165, 1.54) is 4.90 Å². The number of hydrogen-bond acceptors (Lipinski definition) is 3. The van der Waals surface area contributed by atoms with Crippen molar-refractivity contribution in [3.63, 3.8) is 0 Å². The van der Waals surface area contributed by atoms with Crippen LogP contribution in [0.5, 0.6) is 0 Å². The zero-order valence-corrected chi connectivity index (χ0v) is 12.7. The Morgan fingerprint density at radius 3 is 2.68 bits per heavy atom. The molecule has 0 aromatic heterocycles. The zero-order valence-electron chi connectivity index (χ0n) is 10.3. The van der Waals surface area contributed by atoms with Gasteiger partial charge in [0.2, 0.25) is 5.91 Å². The van der Waals surface area contributed by atoms with Crippen LogP contribution in [-0.2, 0) is 15.0 Å². The van der Waals surface area contributed by atoms with Crippen molar-refractivity contribution >= 4 is 37.7 Å². The fourth-order valence-corrected chi connectivity index (χ4v) is 3.68. The molecule has 1 amide bonds. The average molecular weight is 350 g/mol. The van der Waals surface area contributed by atoms with E-state index < -0.39 is 21.9 Å². The molecule has 2 rings (SSSR count). The minimum absolute atomic E-state index is 0.0642. The Morgan fingerprint density at radius 1 is 1.42 bits per heavy atom. The second kappa shape index (κ2) is 5.20. The number of anilines is 1. The van der Waals surface area contributed by atoms with Gasteiger partial charge in [-0.2, -0.15) is 8.42 Å². The van der Waals surface area contributed by atoms with Crippen molar-refractivity contribution in [3.8, 4) is 0 Å². The standard InChI is InChI=1S/C12H13BrFNO3S/c1-8-2-10(13)5-11(3-8)15-6-9(4-12(15)16)7-19(14,17)18/h2-3,5,9H,4,6-7H2,1H3. The first-order chi connectivity index (χ1) is 8.74. The summed E-state index contributed by atoms with van der Waals surface area (Å²) in [5.41, 5.74) is 1.69. The van der Waals surface area contributed by atoms with E-state index in [9.17, 15) is 17.1 Å². The lowest BCUT2D eigenvalue weighted by Gasteiger charge is -2.17. The maximum absolute atomic E-state index is 12.7. The highest BCUT2D eigenvalue weighted by Crippen LogP contribution is 2.29. The van der Waals surface area contributed by atoms with E-state index in [1.807, 2.05) is 19.1 Å². The zero-order chi connectivity index (χ0) is 14.2. The summed E-state index contributed by atoms with van der Waals surface area (Å²) in [6, 6.07) is 5.54. The molecule has 4 nitrogen and oxygen atoms in total. The highest BCUT2D eigenvalue weighted by molar-refractivity contribution is 9.10. The van der Waals surface area contributed by atoms with Crippen LogP contribution in [0.2, 0.25) is 0 Å². The molecule has 1 unspecified atom stereocenters. The number of carbonyl (C=O) groups is 1. The summed E-state index contributed by atoms with van der Waals surface area (Å²) in [6.07, 6.45) is 0.0642. The van der Waals surface area contributed by atoms with Crippen LogP contribution in [0.1, 0.15) is 12.0 Å². The van der Waals surface area contributed by atoms with Gasteiger partial charge in [-0.05, 0) is 30.7 Å². The Hall–Kier alpha value is -0.950. The summed E-state index contributed by atoms with van der Waals surface area (Å²) < 4.78 is 34.8. The van der Waals surface area contributed by atoms with Crippen LogP contribution >= 0.6 is 15.9 Å². The summed E-state index contributed by atoms with van der Waals surface area (Å²) in [5, 5.41) is 0. The summed E-state index contributed by atoms with van der Waals surface area (Å²) in [6.45, 7) is 2.14. The lowest BCUT2D eigenvalue weighted by molar-refractivity contribution is -0.117. The highest BCUT2D eigenvalue weighted by atomic mass is 79.9. The molecule has 0 radical (unpaired) electrons. The molecule has 1 heterocycles. The second-order valence-corrected chi connectivity index (χ2v) is 7.09. The van der Waals surface area contributed by atoms with Gasteiger partial charge in [-0.1, -0.05) is 15.9 Å². The number of carbonyl (C=O) groups excluding carboxylic acids is 1. The number of rotatable bonds is 3. The number of hydrogen-bond donors (Lipinski definition) is 0. The van der Waals surface area contributed by atoms with Crippen LogP contribution in [0.25, 0.3) is 0 Å². The highest BCUT2D eigenvalue weighted by Gasteiger charge is 2.33. The van der Waals surface area contributed by atoms with Crippen molar-refractivity contribution in [3.05, 3.63) is 28.2 Å². The van der Waals surface area contributed by atoms with Crippen molar-refractivity contribution in [2.24, 2.45) is 5.92 Å². The first-order valence-electron chi connectivity index (χ1n) is 5.74. The van der Waals surface area contributed by atoms with Crippen LogP contribution in [0.3, 0.4) is 0 Å². The molecular formula is C12H13BrFNO3S. The summed E-state index contributed by atoms with van der Waals surface area (Å²) in [7, 11) is -4.54. The van der Waals surface area contributed by atoms with Crippen molar-refractivity contribution in [2.45, 2.75) is 13.3 Å². The van der Waals surface area contributed by atoms with Gasteiger partial charge in [-0.15, -0.1) is 3.89 Å². The molecule has 0 aliphatic carbocycles. The quantitative estimate of drug-likeness (QED) is 0.787. The SMILES string of the molecule is Cc1cc(Br)cc(N2CC(CS(=O)(=O)F)CC2=O)c1. The molecule has 0 saturated carbocycles. The predicted octanol–water partition coefficient (Wildman–Crippen LogP) is 2.41. The topological polar surface area (TPSA) is 54.5 Å². The Morgan fingerprint density at radius 2 is 2.11 bits per heavy atom. The van der Waals surface area contributed by atoms with Gasteiger partial charge in [0.1, 0.15) is 0 Å². The van der Waals surface area contributed by atoms with E-state index in [-0.39, 0.29) is 18.9 Å². The average Bonchev–Trinajstić information content (AvgIpc) is 2.54. The van der Waals surface area contributed by atoms with Gasteiger partial charge in [0, 0.05) is 29.0 Å². The monoisotopic (exact) mass is 349 g/mol. The largest absolute Gasteiger partial charge is 0.312 e. The van der Waals surface area contributed by atoms with Gasteiger partial charge in [0.25, 0.3) is 0 Å². The molecule has 1 aliphatic rings. The molecule has 0 bridgehead atoms. The first-order valence-corrected chi connectivity index (χ1v) is 8.09. The van der Waals surface area contributed by atoms with Crippen LogP contribution in [0.4, 0.5) is 9.57 Å². The molecule has 19 heavy (non-hydrogen) atoms. The Kier molecular flexibility index (Phi) is 3.96. The number of aryl methyl sites for hydroxylation is 1. The molecular weight excluding hydrogens is 337 g/mol. The third-order valence-electron chi connectivity index (χ3n) is 2.98. The third-order valence-corrected chi connectivity index (χ3v) is 4.31. The number of benzene rings is 1. The van der Waals surface area contributed by atoms with E-state index in [2.05, 4.69) is 15.9 Å². The number of amides is 1. The van der Waals surface area contributed by atoms with Crippen molar-refractivity contribution in [1.29, 1.82) is 0 Å². The Balaban J connectivity index is 2.20. The summed E-state index contributed by atoms with van der Waals surface area (Å²) in [4.78, 5) is 13.4. The van der Waals surface area contributed by atoms with Gasteiger partial charge in [-0.3, -0.25) is 4.79 Å².